The molecule has 1 aliphatic rings. The maximum absolute atomic E-state index is 9.66. The smallest absolute Gasteiger partial charge is 0.109 e. The van der Waals surface area contributed by atoms with E-state index < -0.39 is 0 Å². The van der Waals surface area contributed by atoms with Gasteiger partial charge in [0.25, 0.3) is 0 Å². The number of nitriles is 1. The summed E-state index contributed by atoms with van der Waals surface area (Å²) in [6.07, 6.45) is 4.43. The predicted molar refractivity (Wildman–Crippen MR) is 93.4 cm³/mol. The van der Waals surface area contributed by atoms with Crippen molar-refractivity contribution in [2.24, 2.45) is 5.92 Å². The summed E-state index contributed by atoms with van der Waals surface area (Å²) in [7, 11) is 0. The molecular weight excluding hydrogens is 344 g/mol. The third-order valence-corrected chi connectivity index (χ3v) is 5.62. The van der Waals surface area contributed by atoms with E-state index in [4.69, 9.17) is 0 Å². The minimum absolute atomic E-state index is 0.300. The van der Waals surface area contributed by atoms with E-state index in [9.17, 15) is 5.26 Å². The zero-order chi connectivity index (χ0) is 15.3. The van der Waals surface area contributed by atoms with E-state index in [0.29, 0.717) is 12.0 Å². The molecule has 0 radical (unpaired) electrons. The van der Waals surface area contributed by atoms with Crippen molar-refractivity contribution in [3.63, 3.8) is 0 Å². The highest BCUT2D eigenvalue weighted by atomic mass is 79.9. The Morgan fingerprint density at radius 2 is 2.33 bits per heavy atom. The summed E-state index contributed by atoms with van der Waals surface area (Å²) in [5, 5.41) is 13.2. The van der Waals surface area contributed by atoms with E-state index in [-0.39, 0.29) is 5.54 Å². The van der Waals surface area contributed by atoms with Crippen LogP contribution in [0.15, 0.2) is 33.6 Å². The summed E-state index contributed by atoms with van der Waals surface area (Å²) >= 11 is 5.39. The number of nitrogens with zero attached hydrogens (tertiary/aromatic N) is 1. The lowest BCUT2D eigenvalue weighted by Crippen LogP contribution is -2.50. The molecule has 1 aromatic rings. The van der Waals surface area contributed by atoms with Crippen LogP contribution >= 0.6 is 27.7 Å². The fraction of sp³-hybridized carbons (Fsp3) is 0.588. The van der Waals surface area contributed by atoms with E-state index >= 15 is 0 Å². The number of hydrogen-bond donors (Lipinski definition) is 1. The monoisotopic (exact) mass is 366 g/mol. The summed E-state index contributed by atoms with van der Waals surface area (Å²) in [6, 6.07) is 11.4. The van der Waals surface area contributed by atoms with Crippen molar-refractivity contribution in [3.8, 4) is 6.07 Å². The first kappa shape index (κ1) is 16.9. The third-order valence-electron chi connectivity index (χ3n) is 4.10. The molecule has 0 spiro atoms. The van der Waals surface area contributed by atoms with Crippen LogP contribution in [0.1, 0.15) is 39.5 Å². The molecule has 114 valence electrons. The zero-order valence-electron chi connectivity index (χ0n) is 12.7. The van der Waals surface area contributed by atoms with Gasteiger partial charge in [0.05, 0.1) is 6.07 Å². The Bertz CT molecular complexity index is 512. The van der Waals surface area contributed by atoms with Gasteiger partial charge in [-0.3, -0.25) is 5.32 Å². The maximum atomic E-state index is 9.66. The topological polar surface area (TPSA) is 35.8 Å². The van der Waals surface area contributed by atoms with Crippen molar-refractivity contribution in [2.75, 3.05) is 5.75 Å². The molecule has 2 nitrogen and oxygen atoms in total. The van der Waals surface area contributed by atoms with Crippen molar-refractivity contribution < 1.29 is 0 Å². The zero-order valence-corrected chi connectivity index (χ0v) is 15.1. The number of benzene rings is 1. The quantitative estimate of drug-likeness (QED) is 0.720. The minimum Gasteiger partial charge on any atom is -0.297 e. The largest absolute Gasteiger partial charge is 0.297 e. The standard InChI is InChI=1S/C17H23BrN2S/c1-13(2)20-17(12-19)9-4-5-14(17)8-10-21-16-7-3-6-15(18)11-16/h3,6-7,11,13-14,20H,4-5,8-10H2,1-2H3. The minimum atomic E-state index is -0.300. The first-order valence-electron chi connectivity index (χ1n) is 7.63. The van der Waals surface area contributed by atoms with E-state index in [0.717, 1.165) is 23.1 Å². The van der Waals surface area contributed by atoms with Crippen LogP contribution in [0.2, 0.25) is 0 Å². The van der Waals surface area contributed by atoms with Gasteiger partial charge in [0.2, 0.25) is 0 Å². The van der Waals surface area contributed by atoms with Crippen molar-refractivity contribution in [2.45, 2.75) is 56.0 Å². The first-order valence-corrected chi connectivity index (χ1v) is 9.41. The van der Waals surface area contributed by atoms with Crippen molar-refractivity contribution in [1.29, 1.82) is 5.26 Å². The summed E-state index contributed by atoms with van der Waals surface area (Å²) in [5.41, 5.74) is -0.300. The third kappa shape index (κ3) is 4.48. The highest BCUT2D eigenvalue weighted by Crippen LogP contribution is 2.39. The summed E-state index contributed by atoms with van der Waals surface area (Å²) in [4.78, 5) is 1.29. The lowest BCUT2D eigenvalue weighted by molar-refractivity contribution is 0.289. The van der Waals surface area contributed by atoms with Gasteiger partial charge in [-0.15, -0.1) is 11.8 Å². The lowest BCUT2D eigenvalue weighted by atomic mass is 9.86. The second kappa shape index (κ2) is 7.67. The molecule has 2 rings (SSSR count). The van der Waals surface area contributed by atoms with Gasteiger partial charge in [-0.2, -0.15) is 5.26 Å². The average Bonchev–Trinajstić information content (AvgIpc) is 2.82. The van der Waals surface area contributed by atoms with E-state index in [1.807, 2.05) is 17.8 Å². The number of nitrogens with one attached hydrogen (secondary N) is 1. The lowest BCUT2D eigenvalue weighted by Gasteiger charge is -2.32. The van der Waals surface area contributed by atoms with Crippen LogP contribution in [0, 0.1) is 17.2 Å². The van der Waals surface area contributed by atoms with Crippen LogP contribution in [-0.2, 0) is 0 Å². The second-order valence-electron chi connectivity index (χ2n) is 6.07. The predicted octanol–water partition coefficient (Wildman–Crippen LogP) is 4.99. The number of thioether (sulfide) groups is 1. The SMILES string of the molecule is CC(C)NC1(C#N)CCCC1CCSc1cccc(Br)c1. The van der Waals surface area contributed by atoms with Gasteiger partial charge in [-0.25, -0.2) is 0 Å². The molecule has 1 N–H and O–H groups in total. The average molecular weight is 367 g/mol. The Balaban J connectivity index is 1.91. The summed E-state index contributed by atoms with van der Waals surface area (Å²) in [5.74, 6) is 1.55. The van der Waals surface area contributed by atoms with Crippen LogP contribution < -0.4 is 5.32 Å². The Labute approximate surface area is 140 Å². The normalized spacial score (nSPS) is 25.2. The Morgan fingerprint density at radius 1 is 1.52 bits per heavy atom. The number of halogens is 1. The Kier molecular flexibility index (Phi) is 6.16. The van der Waals surface area contributed by atoms with Gasteiger partial charge >= 0.3 is 0 Å². The van der Waals surface area contributed by atoms with Crippen LogP contribution in [0.5, 0.6) is 0 Å². The summed E-state index contributed by atoms with van der Waals surface area (Å²) < 4.78 is 1.13. The molecular formula is C17H23BrN2S. The molecule has 0 bridgehead atoms. The van der Waals surface area contributed by atoms with Gasteiger partial charge < -0.3 is 0 Å². The summed E-state index contributed by atoms with van der Waals surface area (Å²) in [6.45, 7) is 4.26. The molecule has 0 heterocycles. The van der Waals surface area contributed by atoms with E-state index in [1.165, 1.54) is 17.7 Å². The van der Waals surface area contributed by atoms with Gasteiger partial charge in [-0.05, 0) is 63.0 Å². The van der Waals surface area contributed by atoms with Crippen molar-refractivity contribution in [3.05, 3.63) is 28.7 Å². The fourth-order valence-electron chi connectivity index (χ4n) is 3.23. The molecule has 2 unspecified atom stereocenters. The van der Waals surface area contributed by atoms with Crippen LogP contribution in [0.25, 0.3) is 0 Å². The van der Waals surface area contributed by atoms with Crippen molar-refractivity contribution in [1.82, 2.24) is 5.32 Å². The maximum Gasteiger partial charge on any atom is 0.109 e. The Hall–Kier alpha value is -0.500. The van der Waals surface area contributed by atoms with Gasteiger partial charge in [0.15, 0.2) is 0 Å². The highest BCUT2D eigenvalue weighted by molar-refractivity contribution is 9.10. The van der Waals surface area contributed by atoms with Crippen molar-refractivity contribution >= 4 is 27.7 Å². The highest BCUT2D eigenvalue weighted by Gasteiger charge is 2.42. The molecule has 1 fully saturated rings. The van der Waals surface area contributed by atoms with Crippen LogP contribution in [-0.4, -0.2) is 17.3 Å². The van der Waals surface area contributed by atoms with E-state index in [1.54, 1.807) is 0 Å². The molecule has 1 aromatic carbocycles. The number of rotatable bonds is 6. The van der Waals surface area contributed by atoms with Gasteiger partial charge in [-0.1, -0.05) is 28.4 Å². The van der Waals surface area contributed by atoms with Gasteiger partial charge in [0.1, 0.15) is 5.54 Å². The van der Waals surface area contributed by atoms with Crippen LogP contribution in [0.3, 0.4) is 0 Å². The molecule has 0 amide bonds. The first-order chi connectivity index (χ1) is 10.1. The fourth-order valence-corrected chi connectivity index (χ4v) is 4.80. The van der Waals surface area contributed by atoms with Crippen LogP contribution in [0.4, 0.5) is 0 Å². The van der Waals surface area contributed by atoms with E-state index in [2.05, 4.69) is 59.4 Å². The second-order valence-corrected chi connectivity index (χ2v) is 8.15. The molecule has 1 aliphatic carbocycles. The van der Waals surface area contributed by atoms with Gasteiger partial charge in [0, 0.05) is 15.4 Å². The molecule has 4 heteroatoms. The molecule has 21 heavy (non-hydrogen) atoms. The molecule has 0 aromatic heterocycles. The molecule has 0 saturated heterocycles. The molecule has 2 atom stereocenters. The molecule has 0 aliphatic heterocycles. The number of hydrogen-bond acceptors (Lipinski definition) is 3. The Morgan fingerprint density at radius 3 is 3.00 bits per heavy atom. The molecule has 1 saturated carbocycles.